The van der Waals surface area contributed by atoms with Crippen LogP contribution in [0.3, 0.4) is 0 Å². The summed E-state index contributed by atoms with van der Waals surface area (Å²) in [6.07, 6.45) is 7.58. The molecule has 0 aliphatic carbocycles. The van der Waals surface area contributed by atoms with Gasteiger partial charge in [0.2, 0.25) is 5.91 Å². The monoisotopic (exact) mass is 183 g/mol. The summed E-state index contributed by atoms with van der Waals surface area (Å²) in [5.74, 6) is -0.0398. The first-order valence-corrected chi connectivity index (χ1v) is 4.85. The second-order valence-electron chi connectivity index (χ2n) is 3.50. The largest absolute Gasteiger partial charge is 0.371 e. The first kappa shape index (κ1) is 10.3. The van der Waals surface area contributed by atoms with Crippen LogP contribution in [0, 0.1) is 0 Å². The molecule has 3 nitrogen and oxygen atoms in total. The van der Waals surface area contributed by atoms with Crippen LogP contribution in [0.15, 0.2) is 12.2 Å². The average molecular weight is 183 g/mol. The van der Waals surface area contributed by atoms with Crippen molar-refractivity contribution in [2.45, 2.75) is 44.8 Å². The summed E-state index contributed by atoms with van der Waals surface area (Å²) in [5, 5.41) is 12.4. The number of carbonyl (C=O) groups is 1. The van der Waals surface area contributed by atoms with Crippen molar-refractivity contribution >= 4 is 5.91 Å². The van der Waals surface area contributed by atoms with E-state index in [-0.39, 0.29) is 5.91 Å². The number of aliphatic hydroxyl groups is 1. The van der Waals surface area contributed by atoms with Crippen molar-refractivity contribution in [2.24, 2.45) is 0 Å². The highest BCUT2D eigenvalue weighted by Gasteiger charge is 2.34. The van der Waals surface area contributed by atoms with Gasteiger partial charge in [0.25, 0.3) is 0 Å². The third kappa shape index (κ3) is 3.19. The zero-order valence-corrected chi connectivity index (χ0v) is 8.05. The molecule has 2 N–H and O–H groups in total. The molecule has 1 aliphatic heterocycles. The molecule has 0 aromatic heterocycles. The maximum atomic E-state index is 10.9. The topological polar surface area (TPSA) is 49.3 Å². The number of amides is 1. The SMILES string of the molecule is CC/C=C\CCC1(O)CCC(=O)N1. The number of hydrogen-bond donors (Lipinski definition) is 2. The second-order valence-corrected chi connectivity index (χ2v) is 3.50. The number of nitrogens with one attached hydrogen (secondary N) is 1. The Kier molecular flexibility index (Phi) is 3.48. The Morgan fingerprint density at radius 1 is 1.62 bits per heavy atom. The van der Waals surface area contributed by atoms with Gasteiger partial charge in [0.15, 0.2) is 0 Å². The summed E-state index contributed by atoms with van der Waals surface area (Å²) in [6, 6.07) is 0. The van der Waals surface area contributed by atoms with E-state index in [1.807, 2.05) is 6.08 Å². The smallest absolute Gasteiger partial charge is 0.222 e. The molecule has 0 aromatic rings. The molecule has 0 spiro atoms. The predicted octanol–water partition coefficient (Wildman–Crippen LogP) is 1.33. The van der Waals surface area contributed by atoms with E-state index in [4.69, 9.17) is 0 Å². The van der Waals surface area contributed by atoms with Crippen molar-refractivity contribution in [3.8, 4) is 0 Å². The summed E-state index contributed by atoms with van der Waals surface area (Å²) >= 11 is 0. The molecular formula is C10H17NO2. The maximum Gasteiger partial charge on any atom is 0.222 e. The van der Waals surface area contributed by atoms with Crippen LogP contribution in [0.1, 0.15) is 39.0 Å². The van der Waals surface area contributed by atoms with Crippen molar-refractivity contribution in [3.63, 3.8) is 0 Å². The van der Waals surface area contributed by atoms with Gasteiger partial charge in [-0.2, -0.15) is 0 Å². The third-order valence-electron chi connectivity index (χ3n) is 2.26. The Hall–Kier alpha value is -0.830. The molecular weight excluding hydrogens is 166 g/mol. The van der Waals surface area contributed by atoms with Crippen LogP contribution < -0.4 is 5.32 Å². The Bertz CT molecular complexity index is 213. The molecule has 0 saturated carbocycles. The van der Waals surface area contributed by atoms with Crippen LogP contribution >= 0.6 is 0 Å². The van der Waals surface area contributed by atoms with Crippen molar-refractivity contribution in [1.82, 2.24) is 5.32 Å². The first-order chi connectivity index (χ1) is 6.16. The van der Waals surface area contributed by atoms with Crippen molar-refractivity contribution < 1.29 is 9.90 Å². The van der Waals surface area contributed by atoms with Gasteiger partial charge in [0.1, 0.15) is 5.72 Å². The molecule has 0 aromatic carbocycles. The molecule has 1 unspecified atom stereocenters. The maximum absolute atomic E-state index is 10.9. The van der Waals surface area contributed by atoms with E-state index in [1.165, 1.54) is 0 Å². The van der Waals surface area contributed by atoms with Gasteiger partial charge in [-0.15, -0.1) is 0 Å². The van der Waals surface area contributed by atoms with E-state index >= 15 is 0 Å². The third-order valence-corrected chi connectivity index (χ3v) is 2.26. The molecule has 13 heavy (non-hydrogen) atoms. The van der Waals surface area contributed by atoms with E-state index in [2.05, 4.69) is 18.3 Å². The van der Waals surface area contributed by atoms with Gasteiger partial charge >= 0.3 is 0 Å². The molecule has 1 aliphatic rings. The Morgan fingerprint density at radius 3 is 2.92 bits per heavy atom. The number of carbonyl (C=O) groups excluding carboxylic acids is 1. The number of allylic oxidation sites excluding steroid dienone is 2. The molecule has 1 atom stereocenters. The van der Waals surface area contributed by atoms with Gasteiger partial charge in [0, 0.05) is 12.8 Å². The summed E-state index contributed by atoms with van der Waals surface area (Å²) in [4.78, 5) is 10.9. The minimum atomic E-state index is -0.935. The Balaban J connectivity index is 2.27. The molecule has 1 heterocycles. The van der Waals surface area contributed by atoms with Crippen LogP contribution in [0.2, 0.25) is 0 Å². The Labute approximate surface area is 78.8 Å². The van der Waals surface area contributed by atoms with Gasteiger partial charge in [-0.3, -0.25) is 4.79 Å². The summed E-state index contributed by atoms with van der Waals surface area (Å²) in [6.45, 7) is 2.07. The fourth-order valence-electron chi connectivity index (χ4n) is 1.50. The lowest BCUT2D eigenvalue weighted by molar-refractivity contribution is -0.122. The zero-order valence-electron chi connectivity index (χ0n) is 8.05. The molecule has 3 heteroatoms. The first-order valence-electron chi connectivity index (χ1n) is 4.85. The van der Waals surface area contributed by atoms with E-state index < -0.39 is 5.72 Å². The van der Waals surface area contributed by atoms with Crippen LogP contribution in [-0.2, 0) is 4.79 Å². The number of rotatable bonds is 4. The highest BCUT2D eigenvalue weighted by molar-refractivity contribution is 5.78. The molecule has 1 amide bonds. The van der Waals surface area contributed by atoms with E-state index in [0.29, 0.717) is 19.3 Å². The molecule has 0 radical (unpaired) electrons. The van der Waals surface area contributed by atoms with Crippen LogP contribution in [0.4, 0.5) is 0 Å². The summed E-state index contributed by atoms with van der Waals surface area (Å²) in [7, 11) is 0. The molecule has 1 fully saturated rings. The van der Waals surface area contributed by atoms with Crippen LogP contribution in [-0.4, -0.2) is 16.7 Å². The standard InChI is InChI=1S/C10H17NO2/c1-2-3-4-5-7-10(13)8-6-9(12)11-10/h3-4,13H,2,5-8H2,1H3,(H,11,12)/b4-3-. The lowest BCUT2D eigenvalue weighted by atomic mass is 10.1. The van der Waals surface area contributed by atoms with Gasteiger partial charge in [-0.1, -0.05) is 19.1 Å². The molecule has 1 saturated heterocycles. The lowest BCUT2D eigenvalue weighted by Gasteiger charge is -2.21. The van der Waals surface area contributed by atoms with Crippen molar-refractivity contribution in [2.75, 3.05) is 0 Å². The van der Waals surface area contributed by atoms with E-state index in [0.717, 1.165) is 12.8 Å². The highest BCUT2D eigenvalue weighted by Crippen LogP contribution is 2.22. The molecule has 74 valence electrons. The van der Waals surface area contributed by atoms with Crippen LogP contribution in [0.5, 0.6) is 0 Å². The Morgan fingerprint density at radius 2 is 2.38 bits per heavy atom. The van der Waals surface area contributed by atoms with Crippen molar-refractivity contribution in [1.29, 1.82) is 0 Å². The summed E-state index contributed by atoms with van der Waals surface area (Å²) < 4.78 is 0. The van der Waals surface area contributed by atoms with Gasteiger partial charge in [-0.05, 0) is 19.3 Å². The number of hydrogen-bond acceptors (Lipinski definition) is 2. The lowest BCUT2D eigenvalue weighted by Crippen LogP contribution is -2.40. The average Bonchev–Trinajstić information content (AvgIpc) is 2.41. The van der Waals surface area contributed by atoms with Crippen LogP contribution in [0.25, 0.3) is 0 Å². The minimum Gasteiger partial charge on any atom is -0.371 e. The quantitative estimate of drug-likeness (QED) is 0.646. The fourth-order valence-corrected chi connectivity index (χ4v) is 1.50. The van der Waals surface area contributed by atoms with E-state index in [9.17, 15) is 9.90 Å². The van der Waals surface area contributed by atoms with Gasteiger partial charge < -0.3 is 10.4 Å². The zero-order chi connectivity index (χ0) is 9.73. The molecule has 0 bridgehead atoms. The molecule has 1 rings (SSSR count). The summed E-state index contributed by atoms with van der Waals surface area (Å²) in [5.41, 5.74) is -0.935. The fraction of sp³-hybridized carbons (Fsp3) is 0.700. The van der Waals surface area contributed by atoms with Gasteiger partial charge in [-0.25, -0.2) is 0 Å². The highest BCUT2D eigenvalue weighted by atomic mass is 16.3. The normalized spacial score (nSPS) is 28.3. The van der Waals surface area contributed by atoms with Gasteiger partial charge in [0.05, 0.1) is 0 Å². The second kappa shape index (κ2) is 4.42. The van der Waals surface area contributed by atoms with Crippen molar-refractivity contribution in [3.05, 3.63) is 12.2 Å². The van der Waals surface area contributed by atoms with E-state index in [1.54, 1.807) is 0 Å². The minimum absolute atomic E-state index is 0.0398. The predicted molar refractivity (Wildman–Crippen MR) is 51.0 cm³/mol.